The van der Waals surface area contributed by atoms with Crippen LogP contribution in [0, 0.1) is 0 Å². The van der Waals surface area contributed by atoms with Crippen molar-refractivity contribution < 1.29 is 0 Å². The smallest absolute Gasteiger partial charge is 0.170 e. The fourth-order valence-corrected chi connectivity index (χ4v) is 3.63. The standard InChI is InChI=1S/C19H19N5S/c1-23-10-7-15(13-23)18-17(16-6-2-3-9-21-16)22-19(25)24(18)12-14-5-4-8-20-11-14/h2-11,13,17-18H,12H2,1H3,(H,22,25)/t17-,18-/m1/s1. The van der Waals surface area contributed by atoms with Crippen LogP contribution in [0.2, 0.25) is 0 Å². The number of hydrogen-bond donors (Lipinski definition) is 1. The van der Waals surface area contributed by atoms with E-state index in [0.29, 0.717) is 6.54 Å². The molecule has 0 spiro atoms. The Balaban J connectivity index is 1.72. The Morgan fingerprint density at radius 3 is 2.76 bits per heavy atom. The summed E-state index contributed by atoms with van der Waals surface area (Å²) in [5, 5.41) is 4.21. The zero-order valence-electron chi connectivity index (χ0n) is 13.9. The van der Waals surface area contributed by atoms with Crippen LogP contribution in [0.25, 0.3) is 0 Å². The van der Waals surface area contributed by atoms with Gasteiger partial charge in [0.05, 0.1) is 17.8 Å². The average molecular weight is 349 g/mol. The molecule has 1 aliphatic heterocycles. The van der Waals surface area contributed by atoms with Crippen molar-refractivity contribution in [3.63, 3.8) is 0 Å². The molecule has 5 nitrogen and oxygen atoms in total. The maximum atomic E-state index is 5.66. The van der Waals surface area contributed by atoms with Crippen LogP contribution < -0.4 is 5.32 Å². The lowest BCUT2D eigenvalue weighted by Crippen LogP contribution is -2.29. The van der Waals surface area contributed by atoms with Crippen molar-refractivity contribution in [2.24, 2.45) is 7.05 Å². The van der Waals surface area contributed by atoms with Crippen LogP contribution in [0.3, 0.4) is 0 Å². The van der Waals surface area contributed by atoms with Crippen LogP contribution in [0.4, 0.5) is 0 Å². The molecule has 1 aliphatic rings. The quantitative estimate of drug-likeness (QED) is 0.734. The van der Waals surface area contributed by atoms with Crippen LogP contribution in [0.15, 0.2) is 67.4 Å². The van der Waals surface area contributed by atoms with Gasteiger partial charge in [-0.25, -0.2) is 0 Å². The number of aromatic nitrogens is 3. The summed E-state index contributed by atoms with van der Waals surface area (Å²) >= 11 is 5.66. The first-order chi connectivity index (χ1) is 12.2. The van der Waals surface area contributed by atoms with Gasteiger partial charge in [0.25, 0.3) is 0 Å². The Morgan fingerprint density at radius 1 is 1.16 bits per heavy atom. The van der Waals surface area contributed by atoms with Crippen LogP contribution in [0.5, 0.6) is 0 Å². The summed E-state index contributed by atoms with van der Waals surface area (Å²) in [7, 11) is 2.03. The van der Waals surface area contributed by atoms with E-state index in [0.717, 1.165) is 16.4 Å². The van der Waals surface area contributed by atoms with Gasteiger partial charge in [-0.1, -0.05) is 12.1 Å². The van der Waals surface area contributed by atoms with Gasteiger partial charge in [0.1, 0.15) is 0 Å². The first kappa shape index (κ1) is 15.8. The molecule has 6 heteroatoms. The van der Waals surface area contributed by atoms with Gasteiger partial charge in [-0.2, -0.15) is 0 Å². The Labute approximate surface area is 152 Å². The Morgan fingerprint density at radius 2 is 2.08 bits per heavy atom. The highest BCUT2D eigenvalue weighted by atomic mass is 32.1. The summed E-state index contributed by atoms with van der Waals surface area (Å²) in [6.45, 7) is 0.711. The molecule has 126 valence electrons. The predicted molar refractivity (Wildman–Crippen MR) is 101 cm³/mol. The zero-order chi connectivity index (χ0) is 17.2. The molecule has 0 unspecified atom stereocenters. The fourth-order valence-electron chi connectivity index (χ4n) is 3.33. The molecule has 0 saturated carbocycles. The highest BCUT2D eigenvalue weighted by Crippen LogP contribution is 2.39. The van der Waals surface area contributed by atoms with Crippen LogP contribution in [-0.2, 0) is 13.6 Å². The maximum Gasteiger partial charge on any atom is 0.170 e. The van der Waals surface area contributed by atoms with Gasteiger partial charge in [-0.05, 0) is 47.6 Å². The summed E-state index contributed by atoms with van der Waals surface area (Å²) in [4.78, 5) is 11.0. The molecule has 0 aromatic carbocycles. The molecule has 2 atom stereocenters. The third-order valence-corrected chi connectivity index (χ3v) is 4.82. The van der Waals surface area contributed by atoms with E-state index in [-0.39, 0.29) is 12.1 Å². The second-order valence-corrected chi connectivity index (χ2v) is 6.61. The molecule has 0 amide bonds. The van der Waals surface area contributed by atoms with E-state index in [9.17, 15) is 0 Å². The highest BCUT2D eigenvalue weighted by molar-refractivity contribution is 7.80. The molecule has 1 fully saturated rings. The van der Waals surface area contributed by atoms with E-state index >= 15 is 0 Å². The fraction of sp³-hybridized carbons (Fsp3) is 0.211. The largest absolute Gasteiger partial charge is 0.357 e. The lowest BCUT2D eigenvalue weighted by atomic mass is 9.99. The van der Waals surface area contributed by atoms with Crippen LogP contribution in [-0.4, -0.2) is 24.5 Å². The van der Waals surface area contributed by atoms with Crippen LogP contribution in [0.1, 0.15) is 28.9 Å². The van der Waals surface area contributed by atoms with E-state index < -0.39 is 0 Å². The summed E-state index contributed by atoms with van der Waals surface area (Å²) in [5.74, 6) is 0. The lowest BCUT2D eigenvalue weighted by Gasteiger charge is -2.27. The van der Waals surface area contributed by atoms with E-state index in [1.165, 1.54) is 5.56 Å². The van der Waals surface area contributed by atoms with Crippen molar-refractivity contribution in [3.8, 4) is 0 Å². The normalized spacial score (nSPS) is 19.9. The number of nitrogens with one attached hydrogen (secondary N) is 1. The number of nitrogens with zero attached hydrogens (tertiary/aromatic N) is 4. The second-order valence-electron chi connectivity index (χ2n) is 6.23. The topological polar surface area (TPSA) is 46.0 Å². The Kier molecular flexibility index (Phi) is 4.19. The number of thiocarbonyl (C=S) groups is 1. The number of rotatable bonds is 4. The van der Waals surface area contributed by atoms with E-state index in [4.69, 9.17) is 12.2 Å². The summed E-state index contributed by atoms with van der Waals surface area (Å²) in [5.41, 5.74) is 3.34. The molecule has 0 radical (unpaired) electrons. The minimum Gasteiger partial charge on any atom is -0.357 e. The SMILES string of the molecule is Cn1ccc([C@@H]2[C@@H](c3ccccn3)NC(=S)N2Cc2cccnc2)c1. The predicted octanol–water partition coefficient (Wildman–Crippen LogP) is 2.99. The van der Waals surface area contributed by atoms with Crippen molar-refractivity contribution in [2.75, 3.05) is 0 Å². The van der Waals surface area contributed by atoms with Crippen molar-refractivity contribution in [1.29, 1.82) is 0 Å². The van der Waals surface area contributed by atoms with Crippen molar-refractivity contribution >= 4 is 17.3 Å². The lowest BCUT2D eigenvalue weighted by molar-refractivity contribution is 0.311. The molecule has 4 heterocycles. The molecular formula is C19H19N5S. The molecule has 1 N–H and O–H groups in total. The van der Waals surface area contributed by atoms with Gasteiger partial charge in [0.2, 0.25) is 0 Å². The van der Waals surface area contributed by atoms with Gasteiger partial charge in [-0.3, -0.25) is 9.97 Å². The first-order valence-electron chi connectivity index (χ1n) is 8.21. The number of hydrogen-bond acceptors (Lipinski definition) is 3. The summed E-state index contributed by atoms with van der Waals surface area (Å²) in [6.07, 6.45) is 9.71. The van der Waals surface area contributed by atoms with Gasteiger partial charge in [0, 0.05) is 44.6 Å². The van der Waals surface area contributed by atoms with Gasteiger partial charge < -0.3 is 14.8 Å². The third kappa shape index (κ3) is 3.13. The van der Waals surface area contributed by atoms with Crippen molar-refractivity contribution in [2.45, 2.75) is 18.6 Å². The number of pyridine rings is 2. The Bertz CT molecular complexity index is 862. The van der Waals surface area contributed by atoms with Gasteiger partial charge >= 0.3 is 0 Å². The molecule has 4 rings (SSSR count). The monoisotopic (exact) mass is 349 g/mol. The van der Waals surface area contributed by atoms with Crippen LogP contribution >= 0.6 is 12.2 Å². The van der Waals surface area contributed by atoms with E-state index in [1.54, 1.807) is 6.20 Å². The van der Waals surface area contributed by atoms with Gasteiger partial charge in [-0.15, -0.1) is 0 Å². The van der Waals surface area contributed by atoms with E-state index in [2.05, 4.69) is 49.3 Å². The van der Waals surface area contributed by atoms with E-state index in [1.807, 2.05) is 43.7 Å². The zero-order valence-corrected chi connectivity index (χ0v) is 14.7. The molecule has 3 aromatic rings. The summed E-state index contributed by atoms with van der Waals surface area (Å²) in [6, 6.07) is 12.3. The molecular weight excluding hydrogens is 330 g/mol. The highest BCUT2D eigenvalue weighted by Gasteiger charge is 2.39. The minimum atomic E-state index is 0.0211. The minimum absolute atomic E-state index is 0.0211. The molecule has 3 aromatic heterocycles. The van der Waals surface area contributed by atoms with Crippen molar-refractivity contribution in [3.05, 3.63) is 84.2 Å². The second kappa shape index (κ2) is 6.64. The van der Waals surface area contributed by atoms with Gasteiger partial charge in [0.15, 0.2) is 5.11 Å². The molecule has 1 saturated heterocycles. The third-order valence-electron chi connectivity index (χ3n) is 4.47. The van der Waals surface area contributed by atoms with Crippen molar-refractivity contribution in [1.82, 2.24) is 24.8 Å². The Hall–Kier alpha value is -2.73. The first-order valence-corrected chi connectivity index (χ1v) is 8.62. The summed E-state index contributed by atoms with van der Waals surface area (Å²) < 4.78 is 2.06. The molecule has 0 aliphatic carbocycles. The molecule has 25 heavy (non-hydrogen) atoms. The average Bonchev–Trinajstić information content (AvgIpc) is 3.20. The molecule has 0 bridgehead atoms. The maximum absolute atomic E-state index is 5.66. The number of aryl methyl sites for hydroxylation is 1.